The summed E-state index contributed by atoms with van der Waals surface area (Å²) in [5.41, 5.74) is 0.546. The molecule has 0 spiro atoms. The smallest absolute Gasteiger partial charge is 0.391 e. The minimum absolute atomic E-state index is 0. The lowest BCUT2D eigenvalue weighted by atomic mass is 10.1. The number of alkyl halides is 3. The Hall–Kier alpha value is -2.10. The average molecular weight is 431 g/mol. The summed E-state index contributed by atoms with van der Waals surface area (Å²) >= 11 is 0. The highest BCUT2D eigenvalue weighted by molar-refractivity contribution is 5.95. The maximum absolute atomic E-state index is 13.0. The molecule has 1 aromatic carbocycles. The number of hydrogen-bond acceptors (Lipinski definition) is 4. The molecular formula is C19H22ClF3N4O2. The fourth-order valence-electron chi connectivity index (χ4n) is 3.55. The summed E-state index contributed by atoms with van der Waals surface area (Å²) in [6.07, 6.45) is -1.80. The Balaban J connectivity index is 0.00000240. The van der Waals surface area contributed by atoms with E-state index in [1.165, 1.54) is 16.9 Å². The van der Waals surface area contributed by atoms with Crippen LogP contribution in [0.25, 0.3) is 5.69 Å². The Morgan fingerprint density at radius 1 is 1.31 bits per heavy atom. The number of hydrogen-bond donors (Lipinski definition) is 3. The maximum Gasteiger partial charge on any atom is 0.416 e. The topological polar surface area (TPSA) is 79.2 Å². The predicted molar refractivity (Wildman–Crippen MR) is 102 cm³/mol. The van der Waals surface area contributed by atoms with Gasteiger partial charge in [0.05, 0.1) is 34.8 Å². The first-order valence-corrected chi connectivity index (χ1v) is 9.27. The molecule has 1 amide bonds. The van der Waals surface area contributed by atoms with Crippen molar-refractivity contribution >= 4 is 18.3 Å². The number of carbonyl (C=O) groups excluding carboxylic acids is 1. The minimum atomic E-state index is -4.45. The number of carbonyl (C=O) groups is 1. The molecule has 1 aromatic heterocycles. The molecular weight excluding hydrogens is 409 g/mol. The maximum atomic E-state index is 13.0. The first-order chi connectivity index (χ1) is 13.3. The highest BCUT2D eigenvalue weighted by Crippen LogP contribution is 2.42. The zero-order chi connectivity index (χ0) is 19.9. The molecule has 29 heavy (non-hydrogen) atoms. The number of aliphatic hydroxyl groups is 1. The van der Waals surface area contributed by atoms with Crippen LogP contribution < -0.4 is 10.6 Å². The number of aliphatic hydroxyl groups excluding tert-OH is 1. The van der Waals surface area contributed by atoms with Crippen LogP contribution in [0.2, 0.25) is 0 Å². The number of nitrogens with zero attached hydrogens (tertiary/aromatic N) is 2. The summed E-state index contributed by atoms with van der Waals surface area (Å²) < 4.78 is 40.6. The summed E-state index contributed by atoms with van der Waals surface area (Å²) in [7, 11) is 0. The Bertz CT molecular complexity index is 883. The van der Waals surface area contributed by atoms with Crippen LogP contribution in [0.5, 0.6) is 0 Å². The number of β-amino-alcohol motifs (C(OH)–C–C–N with tert-alkyl or cyclic N) is 1. The van der Waals surface area contributed by atoms with Crippen molar-refractivity contribution in [1.82, 2.24) is 20.4 Å². The molecule has 2 atom stereocenters. The zero-order valence-corrected chi connectivity index (χ0v) is 16.3. The molecule has 2 fully saturated rings. The van der Waals surface area contributed by atoms with Crippen molar-refractivity contribution < 1.29 is 23.1 Å². The molecule has 3 N–H and O–H groups in total. The van der Waals surface area contributed by atoms with Gasteiger partial charge in [-0.05, 0) is 31.0 Å². The highest BCUT2D eigenvalue weighted by atomic mass is 35.5. The third-order valence-electron chi connectivity index (χ3n) is 5.26. The SMILES string of the molecule is Cl.O=C(NCC1CNCC1O)c1cnn(-c2cccc(C(F)(F)F)c2)c1C1CC1. The van der Waals surface area contributed by atoms with Crippen LogP contribution in [0.15, 0.2) is 30.5 Å². The van der Waals surface area contributed by atoms with Crippen LogP contribution in [-0.2, 0) is 6.18 Å². The van der Waals surface area contributed by atoms with E-state index in [9.17, 15) is 23.1 Å². The Morgan fingerprint density at radius 3 is 2.69 bits per heavy atom. The van der Waals surface area contributed by atoms with Crippen LogP contribution in [0, 0.1) is 5.92 Å². The standard InChI is InChI=1S/C19H21F3N4O2.ClH/c20-19(21,22)13-2-1-3-14(6-13)26-17(11-4-5-11)15(9-25-26)18(28)24-8-12-7-23-10-16(12)27;/h1-3,6,9,11-12,16,23,27H,4-5,7-8,10H2,(H,24,28);1H. The second-order valence-electron chi connectivity index (χ2n) is 7.37. The van der Waals surface area contributed by atoms with Crippen LogP contribution >= 0.6 is 12.4 Å². The van der Waals surface area contributed by atoms with Crippen molar-refractivity contribution in [2.75, 3.05) is 19.6 Å². The van der Waals surface area contributed by atoms with E-state index < -0.39 is 17.8 Å². The van der Waals surface area contributed by atoms with Gasteiger partial charge in [-0.2, -0.15) is 18.3 Å². The van der Waals surface area contributed by atoms with E-state index >= 15 is 0 Å². The molecule has 2 unspecified atom stereocenters. The number of halogens is 4. The monoisotopic (exact) mass is 430 g/mol. The van der Waals surface area contributed by atoms with Gasteiger partial charge in [0.15, 0.2) is 0 Å². The van der Waals surface area contributed by atoms with Gasteiger partial charge >= 0.3 is 6.18 Å². The molecule has 2 heterocycles. The summed E-state index contributed by atoms with van der Waals surface area (Å²) in [6.45, 7) is 1.45. The van der Waals surface area contributed by atoms with Gasteiger partial charge in [-0.15, -0.1) is 12.4 Å². The first kappa shape index (κ1) is 21.6. The number of rotatable bonds is 5. The molecule has 1 saturated carbocycles. The van der Waals surface area contributed by atoms with Gasteiger partial charge in [-0.3, -0.25) is 4.79 Å². The molecule has 0 radical (unpaired) electrons. The van der Waals surface area contributed by atoms with E-state index in [0.717, 1.165) is 25.0 Å². The van der Waals surface area contributed by atoms with Crippen molar-refractivity contribution in [3.63, 3.8) is 0 Å². The number of amides is 1. The van der Waals surface area contributed by atoms with Gasteiger partial charge in [0, 0.05) is 31.5 Å². The van der Waals surface area contributed by atoms with E-state index in [-0.39, 0.29) is 35.8 Å². The Kier molecular flexibility index (Phi) is 6.21. The lowest BCUT2D eigenvalue weighted by Gasteiger charge is -2.15. The fraction of sp³-hybridized carbons (Fsp3) is 0.474. The number of aromatic nitrogens is 2. The van der Waals surface area contributed by atoms with Crippen LogP contribution in [0.3, 0.4) is 0 Å². The molecule has 158 valence electrons. The Labute approximate surface area is 171 Å². The Morgan fingerprint density at radius 2 is 2.07 bits per heavy atom. The second-order valence-corrected chi connectivity index (χ2v) is 7.37. The third-order valence-corrected chi connectivity index (χ3v) is 5.26. The van der Waals surface area contributed by atoms with E-state index in [1.54, 1.807) is 6.07 Å². The van der Waals surface area contributed by atoms with Gasteiger partial charge in [0.1, 0.15) is 0 Å². The molecule has 1 aliphatic carbocycles. The van der Waals surface area contributed by atoms with Crippen molar-refractivity contribution in [3.8, 4) is 5.69 Å². The van der Waals surface area contributed by atoms with E-state index in [0.29, 0.717) is 30.9 Å². The molecule has 6 nitrogen and oxygen atoms in total. The third kappa shape index (κ3) is 4.57. The van der Waals surface area contributed by atoms with E-state index in [2.05, 4.69) is 15.7 Å². The highest BCUT2D eigenvalue weighted by Gasteiger charge is 2.35. The fourth-order valence-corrected chi connectivity index (χ4v) is 3.55. The number of benzene rings is 1. The normalized spacial score (nSPS) is 21.7. The van der Waals surface area contributed by atoms with Crippen molar-refractivity contribution in [1.29, 1.82) is 0 Å². The van der Waals surface area contributed by atoms with Gasteiger partial charge in [0.25, 0.3) is 5.91 Å². The lowest BCUT2D eigenvalue weighted by Crippen LogP contribution is -2.34. The van der Waals surface area contributed by atoms with Gasteiger partial charge < -0.3 is 15.7 Å². The van der Waals surface area contributed by atoms with E-state index in [4.69, 9.17) is 0 Å². The summed E-state index contributed by atoms with van der Waals surface area (Å²) in [5.74, 6) is -0.275. The second kappa shape index (κ2) is 8.33. The van der Waals surface area contributed by atoms with Gasteiger partial charge in [-0.1, -0.05) is 6.07 Å². The summed E-state index contributed by atoms with van der Waals surface area (Å²) in [4.78, 5) is 12.7. The quantitative estimate of drug-likeness (QED) is 0.681. The number of nitrogens with one attached hydrogen (secondary N) is 2. The van der Waals surface area contributed by atoms with Gasteiger partial charge in [0.2, 0.25) is 0 Å². The van der Waals surface area contributed by atoms with E-state index in [1.807, 2.05) is 0 Å². The van der Waals surface area contributed by atoms with Crippen LogP contribution in [0.4, 0.5) is 13.2 Å². The van der Waals surface area contributed by atoms with Crippen molar-refractivity contribution in [2.24, 2.45) is 5.92 Å². The van der Waals surface area contributed by atoms with Crippen molar-refractivity contribution in [3.05, 3.63) is 47.3 Å². The largest absolute Gasteiger partial charge is 0.416 e. The van der Waals surface area contributed by atoms with Crippen molar-refractivity contribution in [2.45, 2.75) is 31.0 Å². The predicted octanol–water partition coefficient (Wildman–Crippen LogP) is 2.50. The average Bonchev–Trinajstić information content (AvgIpc) is 3.26. The molecule has 10 heteroatoms. The first-order valence-electron chi connectivity index (χ1n) is 9.27. The molecule has 2 aliphatic rings. The molecule has 0 bridgehead atoms. The lowest BCUT2D eigenvalue weighted by molar-refractivity contribution is -0.137. The van der Waals surface area contributed by atoms with Gasteiger partial charge in [-0.25, -0.2) is 4.68 Å². The zero-order valence-electron chi connectivity index (χ0n) is 15.4. The summed E-state index contributed by atoms with van der Waals surface area (Å²) in [5, 5.41) is 19.9. The molecule has 1 saturated heterocycles. The van der Waals surface area contributed by atoms with Crippen LogP contribution in [-0.4, -0.2) is 46.5 Å². The van der Waals surface area contributed by atoms with Crippen LogP contribution in [0.1, 0.15) is 40.4 Å². The molecule has 4 rings (SSSR count). The summed E-state index contributed by atoms with van der Waals surface area (Å²) in [6, 6.07) is 4.95. The molecule has 2 aromatic rings. The minimum Gasteiger partial charge on any atom is -0.391 e. The molecule has 1 aliphatic heterocycles.